The number of ether oxygens (including phenoxy) is 1. The first-order chi connectivity index (χ1) is 14.3. The third-order valence-corrected chi connectivity index (χ3v) is 6.93. The Kier molecular flexibility index (Phi) is 5.31. The maximum atomic E-state index is 13.0. The number of aryl methyl sites for hydroxylation is 1. The minimum atomic E-state index is -3.65. The summed E-state index contributed by atoms with van der Waals surface area (Å²) in [4.78, 5) is 5.32. The van der Waals surface area contributed by atoms with E-state index in [9.17, 15) is 8.42 Å². The predicted octanol–water partition coefficient (Wildman–Crippen LogP) is 3.25. The fraction of sp³-hybridized carbons (Fsp3) is 0.273. The molecular weight excluding hydrogens is 400 g/mol. The van der Waals surface area contributed by atoms with Gasteiger partial charge in [0.1, 0.15) is 5.75 Å². The number of fused-ring (bicyclic) bond motifs is 2. The van der Waals surface area contributed by atoms with Crippen molar-refractivity contribution in [1.82, 2.24) is 19.2 Å². The van der Waals surface area contributed by atoms with Crippen LogP contribution in [-0.2, 0) is 17.1 Å². The molecule has 2 N–H and O–H groups in total. The van der Waals surface area contributed by atoms with Crippen molar-refractivity contribution in [2.45, 2.75) is 10.9 Å². The molecule has 0 amide bonds. The standard InChI is InChI=1S/C22H26N4O3S/c1-25(2)22(19-14-26(3)21-8-6-16(29-4)11-18(19)21)13-24-30(27,28)17-7-5-15-9-10-23-20(15)12-17/h5-12,14,22-24H,13H2,1-4H3. The topological polar surface area (TPSA) is 79.4 Å². The van der Waals surface area contributed by atoms with E-state index in [1.54, 1.807) is 31.5 Å². The number of sulfonamides is 1. The van der Waals surface area contributed by atoms with Crippen LogP contribution >= 0.6 is 0 Å². The molecule has 7 nitrogen and oxygen atoms in total. The Bertz CT molecular complexity index is 1300. The number of nitrogens with one attached hydrogen (secondary N) is 2. The van der Waals surface area contributed by atoms with Crippen LogP contribution in [0, 0.1) is 0 Å². The van der Waals surface area contributed by atoms with Gasteiger partial charge in [0, 0.05) is 48.4 Å². The minimum Gasteiger partial charge on any atom is -0.497 e. The Morgan fingerprint density at radius 3 is 2.70 bits per heavy atom. The van der Waals surface area contributed by atoms with Crippen LogP contribution in [0.5, 0.6) is 5.75 Å². The Morgan fingerprint density at radius 1 is 1.17 bits per heavy atom. The lowest BCUT2D eigenvalue weighted by Crippen LogP contribution is -2.34. The average Bonchev–Trinajstić information content (AvgIpc) is 3.31. The fourth-order valence-electron chi connectivity index (χ4n) is 3.83. The summed E-state index contributed by atoms with van der Waals surface area (Å²) in [7, 11) is 3.87. The zero-order chi connectivity index (χ0) is 21.5. The van der Waals surface area contributed by atoms with E-state index >= 15 is 0 Å². The number of rotatable bonds is 7. The molecule has 0 saturated carbocycles. The van der Waals surface area contributed by atoms with Crippen molar-refractivity contribution >= 4 is 31.8 Å². The molecule has 0 spiro atoms. The lowest BCUT2D eigenvalue weighted by atomic mass is 10.0. The Morgan fingerprint density at radius 2 is 1.97 bits per heavy atom. The highest BCUT2D eigenvalue weighted by Gasteiger charge is 2.23. The molecule has 8 heteroatoms. The second kappa shape index (κ2) is 7.79. The van der Waals surface area contributed by atoms with Crippen molar-refractivity contribution in [2.75, 3.05) is 27.7 Å². The fourth-order valence-corrected chi connectivity index (χ4v) is 4.90. The molecule has 0 fully saturated rings. The normalized spacial score (nSPS) is 13.4. The van der Waals surface area contributed by atoms with E-state index in [2.05, 4.69) is 9.71 Å². The number of nitrogens with zero attached hydrogens (tertiary/aromatic N) is 2. The van der Waals surface area contributed by atoms with Gasteiger partial charge in [0.2, 0.25) is 10.0 Å². The summed E-state index contributed by atoms with van der Waals surface area (Å²) in [6.45, 7) is 0.244. The number of likely N-dealkylation sites (N-methyl/N-ethyl adjacent to an activating group) is 1. The summed E-state index contributed by atoms with van der Waals surface area (Å²) >= 11 is 0. The van der Waals surface area contributed by atoms with Crippen LogP contribution in [0.3, 0.4) is 0 Å². The maximum Gasteiger partial charge on any atom is 0.240 e. The van der Waals surface area contributed by atoms with Gasteiger partial charge in [-0.15, -0.1) is 0 Å². The third kappa shape index (κ3) is 3.69. The van der Waals surface area contributed by atoms with Gasteiger partial charge in [0.15, 0.2) is 0 Å². The largest absolute Gasteiger partial charge is 0.497 e. The van der Waals surface area contributed by atoms with Crippen LogP contribution in [0.25, 0.3) is 21.8 Å². The van der Waals surface area contributed by atoms with Gasteiger partial charge < -0.3 is 19.2 Å². The molecule has 0 bridgehead atoms. The zero-order valence-electron chi connectivity index (χ0n) is 17.5. The first-order valence-corrected chi connectivity index (χ1v) is 11.1. The van der Waals surface area contributed by atoms with Crippen LogP contribution in [0.15, 0.2) is 59.8 Å². The predicted molar refractivity (Wildman–Crippen MR) is 119 cm³/mol. The third-order valence-electron chi connectivity index (χ3n) is 5.51. The van der Waals surface area contributed by atoms with E-state index in [1.807, 2.05) is 61.1 Å². The molecule has 4 aromatic rings. The number of H-pyrrole nitrogens is 1. The summed E-state index contributed by atoms with van der Waals surface area (Å²) in [5, 5.41) is 2.02. The molecule has 0 aliphatic carbocycles. The van der Waals surface area contributed by atoms with Crippen molar-refractivity contribution in [2.24, 2.45) is 7.05 Å². The molecule has 158 valence electrons. The highest BCUT2D eigenvalue weighted by atomic mass is 32.2. The van der Waals surface area contributed by atoms with E-state index in [1.165, 1.54) is 0 Å². The van der Waals surface area contributed by atoms with Gasteiger partial charge in [-0.3, -0.25) is 0 Å². The maximum absolute atomic E-state index is 13.0. The lowest BCUT2D eigenvalue weighted by Gasteiger charge is -2.24. The molecule has 2 aromatic heterocycles. The molecule has 1 unspecified atom stereocenters. The summed E-state index contributed by atoms with van der Waals surface area (Å²) in [6, 6.07) is 12.8. The van der Waals surface area contributed by atoms with Gasteiger partial charge in [-0.1, -0.05) is 6.07 Å². The number of benzene rings is 2. The number of methoxy groups -OCH3 is 1. The second-order valence-electron chi connectivity index (χ2n) is 7.64. The van der Waals surface area contributed by atoms with Gasteiger partial charge in [-0.2, -0.15) is 0 Å². The van der Waals surface area contributed by atoms with Gasteiger partial charge >= 0.3 is 0 Å². The van der Waals surface area contributed by atoms with Gasteiger partial charge in [0.25, 0.3) is 0 Å². The van der Waals surface area contributed by atoms with Crippen molar-refractivity contribution < 1.29 is 13.2 Å². The zero-order valence-corrected chi connectivity index (χ0v) is 18.3. The van der Waals surface area contributed by atoms with Crippen LogP contribution in [0.4, 0.5) is 0 Å². The van der Waals surface area contributed by atoms with E-state index < -0.39 is 10.0 Å². The summed E-state index contributed by atoms with van der Waals surface area (Å²) in [5.74, 6) is 0.771. The first-order valence-electron chi connectivity index (χ1n) is 9.66. The highest BCUT2D eigenvalue weighted by molar-refractivity contribution is 7.89. The quantitative estimate of drug-likeness (QED) is 0.475. The summed E-state index contributed by atoms with van der Waals surface area (Å²) < 4.78 is 36.1. The molecule has 0 aliphatic heterocycles. The van der Waals surface area contributed by atoms with Crippen molar-refractivity contribution in [3.63, 3.8) is 0 Å². The molecule has 2 aromatic carbocycles. The Labute approximate surface area is 176 Å². The Hall–Kier alpha value is -2.81. The first kappa shape index (κ1) is 20.5. The smallest absolute Gasteiger partial charge is 0.240 e. The molecule has 1 atom stereocenters. The summed E-state index contributed by atoms with van der Waals surface area (Å²) in [6.07, 6.45) is 3.85. The van der Waals surface area contributed by atoms with Gasteiger partial charge in [0.05, 0.1) is 12.0 Å². The van der Waals surface area contributed by atoms with Crippen molar-refractivity contribution in [3.8, 4) is 5.75 Å². The van der Waals surface area contributed by atoms with E-state index in [0.717, 1.165) is 33.1 Å². The van der Waals surface area contributed by atoms with Gasteiger partial charge in [-0.25, -0.2) is 13.1 Å². The van der Waals surface area contributed by atoms with Crippen LogP contribution in [-0.4, -0.2) is 50.6 Å². The van der Waals surface area contributed by atoms with E-state index in [4.69, 9.17) is 4.74 Å². The number of hydrogen-bond donors (Lipinski definition) is 2. The molecule has 0 radical (unpaired) electrons. The van der Waals surface area contributed by atoms with Crippen molar-refractivity contribution in [1.29, 1.82) is 0 Å². The van der Waals surface area contributed by atoms with E-state index in [0.29, 0.717) is 0 Å². The second-order valence-corrected chi connectivity index (χ2v) is 9.40. The average molecular weight is 427 g/mol. The Balaban J connectivity index is 1.65. The molecule has 0 saturated heterocycles. The van der Waals surface area contributed by atoms with Crippen molar-refractivity contribution in [3.05, 3.63) is 60.4 Å². The van der Waals surface area contributed by atoms with Crippen LogP contribution < -0.4 is 9.46 Å². The number of hydrogen-bond acceptors (Lipinski definition) is 4. The SMILES string of the molecule is COc1ccc2c(c1)c(C(CNS(=O)(=O)c1ccc3cc[nH]c3c1)N(C)C)cn2C. The molecule has 4 rings (SSSR count). The minimum absolute atomic E-state index is 0.148. The lowest BCUT2D eigenvalue weighted by molar-refractivity contribution is 0.301. The summed E-state index contributed by atoms with van der Waals surface area (Å²) in [5.41, 5.74) is 2.90. The highest BCUT2D eigenvalue weighted by Crippen LogP contribution is 2.31. The number of aromatic amines is 1. The molecule has 0 aliphatic rings. The number of aromatic nitrogens is 2. The van der Waals surface area contributed by atoms with E-state index in [-0.39, 0.29) is 17.5 Å². The molecule has 30 heavy (non-hydrogen) atoms. The molecular formula is C22H26N4O3S. The monoisotopic (exact) mass is 426 g/mol. The van der Waals surface area contributed by atoms with Crippen LogP contribution in [0.2, 0.25) is 0 Å². The van der Waals surface area contributed by atoms with Crippen LogP contribution in [0.1, 0.15) is 11.6 Å². The molecule has 2 heterocycles. The van der Waals surface area contributed by atoms with Gasteiger partial charge in [-0.05, 0) is 61.4 Å².